The van der Waals surface area contributed by atoms with Gasteiger partial charge in [0.05, 0.1) is 36.6 Å². The van der Waals surface area contributed by atoms with Crippen molar-refractivity contribution in [2.45, 2.75) is 6.92 Å². The average Bonchev–Trinajstić information content (AvgIpc) is 3.07. The number of aromatic nitrogens is 4. The molecule has 148 valence electrons. The molecule has 0 saturated heterocycles. The Labute approximate surface area is 167 Å². The molecular formula is C21H20FN5O2. The van der Waals surface area contributed by atoms with E-state index in [4.69, 9.17) is 9.47 Å². The lowest BCUT2D eigenvalue weighted by Gasteiger charge is -2.12. The van der Waals surface area contributed by atoms with Gasteiger partial charge >= 0.3 is 0 Å². The lowest BCUT2D eigenvalue weighted by molar-refractivity contribution is 0.375. The number of methoxy groups -OCH3 is 2. The maximum Gasteiger partial charge on any atom is 0.188 e. The first-order chi connectivity index (χ1) is 14.0. The molecule has 0 fully saturated rings. The van der Waals surface area contributed by atoms with Crippen LogP contribution in [-0.4, -0.2) is 34.0 Å². The normalized spacial score (nSPS) is 10.9. The van der Waals surface area contributed by atoms with E-state index in [-0.39, 0.29) is 11.4 Å². The van der Waals surface area contributed by atoms with Crippen molar-refractivity contribution in [2.75, 3.05) is 19.5 Å². The van der Waals surface area contributed by atoms with E-state index in [0.717, 1.165) is 22.3 Å². The second-order valence-corrected chi connectivity index (χ2v) is 6.58. The van der Waals surface area contributed by atoms with Crippen LogP contribution in [0.4, 0.5) is 15.9 Å². The quantitative estimate of drug-likeness (QED) is 0.547. The van der Waals surface area contributed by atoms with Crippen LogP contribution in [0.5, 0.6) is 11.5 Å². The van der Waals surface area contributed by atoms with Crippen molar-refractivity contribution < 1.29 is 13.9 Å². The maximum atomic E-state index is 14.6. The number of pyridine rings is 2. The highest BCUT2D eigenvalue weighted by Crippen LogP contribution is 2.32. The number of aryl methyl sites for hydroxylation is 2. The number of benzene rings is 1. The number of ether oxygens (including phenoxy) is 2. The minimum atomic E-state index is -0.520. The Bertz CT molecular complexity index is 1210. The smallest absolute Gasteiger partial charge is 0.188 e. The lowest BCUT2D eigenvalue weighted by Crippen LogP contribution is -2.00. The average molecular weight is 393 g/mol. The third-order valence-corrected chi connectivity index (χ3v) is 4.59. The van der Waals surface area contributed by atoms with E-state index in [9.17, 15) is 4.39 Å². The molecule has 0 radical (unpaired) electrons. The molecule has 3 aromatic heterocycles. The Morgan fingerprint density at radius 2 is 1.90 bits per heavy atom. The SMILES string of the molecule is COc1cc(Nc2ccc3ncc(-c4cn(C)nc4C)cc3n2)c(F)c(OC)c1. The largest absolute Gasteiger partial charge is 0.497 e. The van der Waals surface area contributed by atoms with Crippen molar-refractivity contribution in [3.8, 4) is 22.6 Å². The van der Waals surface area contributed by atoms with Gasteiger partial charge in [0.25, 0.3) is 0 Å². The fraction of sp³-hybridized carbons (Fsp3) is 0.190. The van der Waals surface area contributed by atoms with Gasteiger partial charge in [-0.15, -0.1) is 0 Å². The van der Waals surface area contributed by atoms with Gasteiger partial charge in [0.15, 0.2) is 11.6 Å². The molecule has 1 aromatic carbocycles. The Morgan fingerprint density at radius 3 is 2.59 bits per heavy atom. The highest BCUT2D eigenvalue weighted by atomic mass is 19.1. The van der Waals surface area contributed by atoms with E-state index in [1.54, 1.807) is 23.0 Å². The predicted molar refractivity (Wildman–Crippen MR) is 109 cm³/mol. The third kappa shape index (κ3) is 3.56. The summed E-state index contributed by atoms with van der Waals surface area (Å²) in [4.78, 5) is 9.08. The van der Waals surface area contributed by atoms with E-state index in [2.05, 4.69) is 20.4 Å². The molecule has 0 spiro atoms. The van der Waals surface area contributed by atoms with Crippen molar-refractivity contribution in [2.24, 2.45) is 7.05 Å². The highest BCUT2D eigenvalue weighted by molar-refractivity contribution is 5.82. The molecule has 0 aliphatic carbocycles. The molecule has 3 heterocycles. The van der Waals surface area contributed by atoms with Gasteiger partial charge in [-0.2, -0.15) is 5.10 Å². The molecular weight excluding hydrogens is 373 g/mol. The minimum Gasteiger partial charge on any atom is -0.497 e. The van der Waals surface area contributed by atoms with Gasteiger partial charge in [0, 0.05) is 42.7 Å². The molecule has 0 amide bonds. The van der Waals surface area contributed by atoms with Gasteiger partial charge in [-0.05, 0) is 25.1 Å². The first kappa shape index (κ1) is 18.7. The molecule has 0 aliphatic heterocycles. The zero-order valence-electron chi connectivity index (χ0n) is 16.5. The van der Waals surface area contributed by atoms with E-state index >= 15 is 0 Å². The summed E-state index contributed by atoms with van der Waals surface area (Å²) in [6.45, 7) is 1.95. The Morgan fingerprint density at radius 1 is 1.07 bits per heavy atom. The second kappa shape index (κ2) is 7.38. The molecule has 0 saturated carbocycles. The fourth-order valence-electron chi connectivity index (χ4n) is 3.17. The third-order valence-electron chi connectivity index (χ3n) is 4.59. The van der Waals surface area contributed by atoms with Crippen molar-refractivity contribution in [3.05, 3.63) is 54.2 Å². The molecule has 0 atom stereocenters. The van der Waals surface area contributed by atoms with Gasteiger partial charge in [0.2, 0.25) is 0 Å². The first-order valence-corrected chi connectivity index (χ1v) is 8.94. The van der Waals surface area contributed by atoms with Gasteiger partial charge in [0.1, 0.15) is 11.6 Å². The summed E-state index contributed by atoms with van der Waals surface area (Å²) in [5.74, 6) is 0.521. The molecule has 1 N–H and O–H groups in total. The van der Waals surface area contributed by atoms with Gasteiger partial charge in [-0.1, -0.05) is 0 Å². The van der Waals surface area contributed by atoms with Crippen LogP contribution in [-0.2, 0) is 7.05 Å². The van der Waals surface area contributed by atoms with Crippen LogP contribution in [0.3, 0.4) is 0 Å². The fourth-order valence-corrected chi connectivity index (χ4v) is 3.17. The van der Waals surface area contributed by atoms with E-state index in [1.807, 2.05) is 32.3 Å². The molecule has 4 aromatic rings. The summed E-state index contributed by atoms with van der Waals surface area (Å²) in [5.41, 5.74) is 4.46. The van der Waals surface area contributed by atoms with Crippen molar-refractivity contribution in [1.82, 2.24) is 19.7 Å². The summed E-state index contributed by atoms with van der Waals surface area (Å²) in [6.07, 6.45) is 3.74. The molecule has 0 bridgehead atoms. The zero-order valence-corrected chi connectivity index (χ0v) is 16.5. The van der Waals surface area contributed by atoms with Crippen LogP contribution in [0.1, 0.15) is 5.69 Å². The number of rotatable bonds is 5. The Hall–Kier alpha value is -3.68. The van der Waals surface area contributed by atoms with Crippen molar-refractivity contribution in [1.29, 1.82) is 0 Å². The van der Waals surface area contributed by atoms with Gasteiger partial charge in [-0.3, -0.25) is 9.67 Å². The first-order valence-electron chi connectivity index (χ1n) is 8.94. The summed E-state index contributed by atoms with van der Waals surface area (Å²) < 4.78 is 26.7. The van der Waals surface area contributed by atoms with E-state index in [0.29, 0.717) is 17.1 Å². The van der Waals surface area contributed by atoms with Crippen LogP contribution < -0.4 is 14.8 Å². The summed E-state index contributed by atoms with van der Waals surface area (Å²) >= 11 is 0. The number of nitrogens with zero attached hydrogens (tertiary/aromatic N) is 4. The molecule has 8 heteroatoms. The zero-order chi connectivity index (χ0) is 20.5. The van der Waals surface area contributed by atoms with E-state index in [1.165, 1.54) is 20.3 Å². The van der Waals surface area contributed by atoms with Crippen molar-refractivity contribution >= 4 is 22.5 Å². The Balaban J connectivity index is 1.73. The maximum absolute atomic E-state index is 14.6. The standard InChI is InChI=1S/C21H20FN5O2/c1-12-15(11-27(2)26-12)13-7-17-16(23-10-13)5-6-20(24-17)25-18-8-14(28-3)9-19(29-4)21(18)22/h5-11H,1-4H3,(H,24,25). The van der Waals surface area contributed by atoms with Crippen LogP contribution in [0.25, 0.3) is 22.2 Å². The highest BCUT2D eigenvalue weighted by Gasteiger charge is 2.14. The van der Waals surface area contributed by atoms with Gasteiger partial charge in [-0.25, -0.2) is 9.37 Å². The summed E-state index contributed by atoms with van der Waals surface area (Å²) in [5, 5.41) is 7.37. The molecule has 29 heavy (non-hydrogen) atoms. The number of nitrogens with one attached hydrogen (secondary N) is 1. The number of halogens is 1. The molecule has 0 aliphatic rings. The molecule has 7 nitrogen and oxygen atoms in total. The van der Waals surface area contributed by atoms with Crippen LogP contribution in [0.2, 0.25) is 0 Å². The van der Waals surface area contributed by atoms with E-state index < -0.39 is 5.82 Å². The monoisotopic (exact) mass is 393 g/mol. The van der Waals surface area contributed by atoms with Crippen LogP contribution in [0.15, 0.2) is 42.7 Å². The topological polar surface area (TPSA) is 74.1 Å². The van der Waals surface area contributed by atoms with Gasteiger partial charge < -0.3 is 14.8 Å². The number of anilines is 2. The number of hydrogen-bond acceptors (Lipinski definition) is 6. The predicted octanol–water partition coefficient (Wildman–Crippen LogP) is 4.24. The number of fused-ring (bicyclic) bond motifs is 1. The summed E-state index contributed by atoms with van der Waals surface area (Å²) in [7, 11) is 4.80. The summed E-state index contributed by atoms with van der Waals surface area (Å²) in [6, 6.07) is 8.56. The second-order valence-electron chi connectivity index (χ2n) is 6.58. The molecule has 0 unspecified atom stereocenters. The van der Waals surface area contributed by atoms with Crippen LogP contribution >= 0.6 is 0 Å². The Kier molecular flexibility index (Phi) is 4.75. The van der Waals surface area contributed by atoms with Crippen molar-refractivity contribution in [3.63, 3.8) is 0 Å². The number of hydrogen-bond donors (Lipinski definition) is 1. The lowest BCUT2D eigenvalue weighted by atomic mass is 10.1. The van der Waals surface area contributed by atoms with Crippen LogP contribution in [0, 0.1) is 12.7 Å². The minimum absolute atomic E-state index is 0.0867. The molecule has 4 rings (SSSR count).